The van der Waals surface area contributed by atoms with Gasteiger partial charge in [-0.3, -0.25) is 19.4 Å². The van der Waals surface area contributed by atoms with E-state index in [9.17, 15) is 19.7 Å². The Morgan fingerprint density at radius 1 is 0.857 bits per heavy atom. The van der Waals surface area contributed by atoms with Crippen LogP contribution < -0.4 is 10.4 Å². The van der Waals surface area contributed by atoms with Crippen molar-refractivity contribution in [2.24, 2.45) is 17.8 Å². The Morgan fingerprint density at radius 2 is 1.46 bits per heavy atom. The van der Waals surface area contributed by atoms with E-state index >= 15 is 0 Å². The number of amides is 2. The fraction of sp³-hybridized carbons (Fsp3) is 0.378. The first-order valence-electron chi connectivity index (χ1n) is 19.9. The summed E-state index contributed by atoms with van der Waals surface area (Å²) in [5.41, 5.74) is 3.34. The summed E-state index contributed by atoms with van der Waals surface area (Å²) in [4.78, 5) is 33.4. The molecule has 0 radical (unpaired) electrons. The number of phenols is 1. The number of likely N-dealkylation sites (tertiary alicyclic amines) is 2. The minimum atomic E-state index is -2.99. The lowest BCUT2D eigenvalue weighted by molar-refractivity contribution is -0.144. The van der Waals surface area contributed by atoms with Gasteiger partial charge in [0.1, 0.15) is 5.75 Å². The molecule has 0 unspecified atom stereocenters. The molecule has 2 N–H and O–H groups in total. The number of imide groups is 1. The van der Waals surface area contributed by atoms with Crippen LogP contribution in [0.15, 0.2) is 120 Å². The predicted octanol–water partition coefficient (Wildman–Crippen LogP) is 6.69. The zero-order valence-electron chi connectivity index (χ0n) is 32.3. The van der Waals surface area contributed by atoms with E-state index in [0.717, 1.165) is 48.4 Å². The lowest BCUT2D eigenvalue weighted by Crippen LogP contribution is -2.66. The summed E-state index contributed by atoms with van der Waals surface area (Å²) >= 11 is 6.64. The van der Waals surface area contributed by atoms with Crippen molar-refractivity contribution < 1.29 is 28.8 Å². The summed E-state index contributed by atoms with van der Waals surface area (Å²) < 4.78 is 13.8. The molecule has 3 fully saturated rings. The number of hydrogen-bond donors (Lipinski definition) is 2. The minimum absolute atomic E-state index is 0.0261. The number of benzene rings is 4. The summed E-state index contributed by atoms with van der Waals surface area (Å²) in [7, 11) is -4.33. The SMILES string of the molecule is CC(C)(C)[Si](OCC1=C2B(O)O[C@H](c3ccc(O)cc3Cl)C[C@H]2[C@H]2C(=O)N(C3CCN(Cc4ccccc4)CC3)C(=O)[C@H]2C1)(c1ccccc1)c1ccccc1. The Hall–Kier alpha value is -4.03. The molecule has 1 aliphatic carbocycles. The molecule has 3 saturated heterocycles. The van der Waals surface area contributed by atoms with Gasteiger partial charge in [0.2, 0.25) is 11.8 Å². The molecule has 11 heteroatoms. The second-order valence-corrected chi connectivity index (χ2v) is 21.6. The monoisotopic (exact) mass is 788 g/mol. The number of phenolic OH excluding ortho intramolecular Hbond substituents is 1. The second-order valence-electron chi connectivity index (χ2n) is 16.9. The Kier molecular flexibility index (Phi) is 10.9. The highest BCUT2D eigenvalue weighted by atomic mass is 35.5. The molecule has 4 atom stereocenters. The number of nitrogens with zero attached hydrogens (tertiary/aromatic N) is 2. The minimum Gasteiger partial charge on any atom is -0.508 e. The Balaban J connectivity index is 1.14. The average Bonchev–Trinajstić information content (AvgIpc) is 3.44. The fourth-order valence-corrected chi connectivity index (χ4v) is 14.9. The highest BCUT2D eigenvalue weighted by Crippen LogP contribution is 2.53. The number of allylic oxidation sites excluding steroid dienone is 1. The lowest BCUT2D eigenvalue weighted by atomic mass is 9.55. The van der Waals surface area contributed by atoms with Gasteiger partial charge in [0.15, 0.2) is 0 Å². The van der Waals surface area contributed by atoms with E-state index in [4.69, 9.17) is 20.7 Å². The molecular formula is C45H50BClN2O6Si. The van der Waals surface area contributed by atoms with E-state index in [1.165, 1.54) is 11.6 Å². The van der Waals surface area contributed by atoms with Gasteiger partial charge < -0.3 is 19.2 Å². The zero-order chi connectivity index (χ0) is 39.2. The van der Waals surface area contributed by atoms with Gasteiger partial charge in [-0.15, -0.1) is 0 Å². The first-order valence-corrected chi connectivity index (χ1v) is 22.2. The standard InChI is InChI=1S/C45H50BClN2O6Si/c1-45(2,3)56(34-15-9-5-10-16-34,35-17-11-6-12-18-35)54-29-31-25-38-41(37-27-40(55-46(53)42(31)37)36-20-19-33(50)26-39(36)47)44(52)49(43(38)51)32-21-23-48(24-22-32)28-30-13-7-4-8-14-30/h4-20,26,32,37-38,40-41,50,53H,21-25,27-29H2,1-3H3/t37-,38-,40-,41+/m0/s1. The number of piperidine rings is 1. The fourth-order valence-electron chi connectivity index (χ4n) is 10.0. The predicted molar refractivity (Wildman–Crippen MR) is 222 cm³/mol. The molecule has 4 aromatic carbocycles. The second kappa shape index (κ2) is 15.7. The van der Waals surface area contributed by atoms with Crippen LogP contribution in [0.2, 0.25) is 10.1 Å². The molecule has 2 amide bonds. The third-order valence-corrected chi connectivity index (χ3v) is 17.9. The number of hydrogen-bond acceptors (Lipinski definition) is 7. The van der Waals surface area contributed by atoms with Crippen molar-refractivity contribution in [2.75, 3.05) is 19.7 Å². The van der Waals surface area contributed by atoms with Gasteiger partial charge in [0, 0.05) is 30.7 Å². The highest BCUT2D eigenvalue weighted by Gasteiger charge is 2.60. The smallest absolute Gasteiger partial charge is 0.487 e. The van der Waals surface area contributed by atoms with Crippen LogP contribution in [0.1, 0.15) is 63.7 Å². The Labute approximate surface area is 336 Å². The average molecular weight is 789 g/mol. The molecule has 8 nitrogen and oxygen atoms in total. The van der Waals surface area contributed by atoms with Crippen molar-refractivity contribution in [2.45, 2.75) is 70.2 Å². The van der Waals surface area contributed by atoms with E-state index in [0.29, 0.717) is 28.9 Å². The number of aromatic hydroxyl groups is 1. The van der Waals surface area contributed by atoms with Gasteiger partial charge in [-0.05, 0) is 81.3 Å². The van der Waals surface area contributed by atoms with Gasteiger partial charge in [0.05, 0.1) is 24.5 Å². The largest absolute Gasteiger partial charge is 0.508 e. The van der Waals surface area contributed by atoms with E-state index in [-0.39, 0.29) is 35.3 Å². The molecule has 3 aliphatic heterocycles. The van der Waals surface area contributed by atoms with Crippen LogP contribution in [-0.2, 0) is 25.2 Å². The molecule has 0 saturated carbocycles. The maximum absolute atomic E-state index is 14.7. The van der Waals surface area contributed by atoms with Crippen molar-refractivity contribution in [3.8, 4) is 5.75 Å². The quantitative estimate of drug-likeness (QED) is 0.144. The lowest BCUT2D eigenvalue weighted by Gasteiger charge is -2.45. The Bertz CT molecular complexity index is 2050. The topological polar surface area (TPSA) is 99.5 Å². The zero-order valence-corrected chi connectivity index (χ0v) is 34.1. The van der Waals surface area contributed by atoms with Crippen LogP contribution in [0.4, 0.5) is 0 Å². The van der Waals surface area contributed by atoms with Gasteiger partial charge in [-0.2, -0.15) is 0 Å². The molecule has 0 aromatic heterocycles. The van der Waals surface area contributed by atoms with Crippen molar-refractivity contribution in [1.29, 1.82) is 0 Å². The molecule has 56 heavy (non-hydrogen) atoms. The van der Waals surface area contributed by atoms with Crippen LogP contribution in [0.5, 0.6) is 5.75 Å². The van der Waals surface area contributed by atoms with E-state index in [1.54, 1.807) is 17.0 Å². The third kappa shape index (κ3) is 7.09. The molecule has 4 aliphatic rings. The number of carbonyl (C=O) groups excluding carboxylic acids is 2. The molecule has 290 valence electrons. The third-order valence-electron chi connectivity index (χ3n) is 12.6. The molecule has 3 heterocycles. The van der Waals surface area contributed by atoms with Crippen LogP contribution in [0, 0.1) is 17.8 Å². The van der Waals surface area contributed by atoms with Gasteiger partial charge in [-0.25, -0.2) is 0 Å². The highest BCUT2D eigenvalue weighted by molar-refractivity contribution is 6.99. The van der Waals surface area contributed by atoms with E-state index < -0.39 is 39.3 Å². The summed E-state index contributed by atoms with van der Waals surface area (Å²) in [6, 6.07) is 35.7. The summed E-state index contributed by atoms with van der Waals surface area (Å²) in [6.45, 7) is 9.29. The summed E-state index contributed by atoms with van der Waals surface area (Å²) in [5, 5.41) is 24.4. The van der Waals surface area contributed by atoms with Gasteiger partial charge in [0.25, 0.3) is 8.32 Å². The number of carbonyl (C=O) groups is 2. The first kappa shape index (κ1) is 38.8. The van der Waals surface area contributed by atoms with E-state index in [2.05, 4.69) is 98.5 Å². The van der Waals surface area contributed by atoms with Crippen LogP contribution in [0.3, 0.4) is 0 Å². The van der Waals surface area contributed by atoms with Crippen molar-refractivity contribution in [3.63, 3.8) is 0 Å². The van der Waals surface area contributed by atoms with Crippen LogP contribution >= 0.6 is 11.6 Å². The summed E-state index contributed by atoms with van der Waals surface area (Å²) in [5.74, 6) is -1.92. The van der Waals surface area contributed by atoms with Gasteiger partial charge >= 0.3 is 7.12 Å². The van der Waals surface area contributed by atoms with Crippen molar-refractivity contribution in [1.82, 2.24) is 9.80 Å². The molecule has 8 rings (SSSR count). The van der Waals surface area contributed by atoms with Crippen LogP contribution in [-0.4, -0.2) is 72.9 Å². The summed E-state index contributed by atoms with van der Waals surface area (Å²) in [6.07, 6.45) is 1.45. The van der Waals surface area contributed by atoms with Crippen LogP contribution in [0.25, 0.3) is 0 Å². The number of rotatable bonds is 9. The molecule has 0 spiro atoms. The molecule has 4 aromatic rings. The molecular weight excluding hydrogens is 739 g/mol. The normalized spacial score (nSPS) is 23.7. The maximum atomic E-state index is 14.7. The number of fused-ring (bicyclic) bond motifs is 3. The maximum Gasteiger partial charge on any atom is 0.487 e. The van der Waals surface area contributed by atoms with Crippen molar-refractivity contribution >= 4 is 49.2 Å². The van der Waals surface area contributed by atoms with Crippen molar-refractivity contribution in [3.05, 3.63) is 136 Å². The molecule has 0 bridgehead atoms. The van der Waals surface area contributed by atoms with Gasteiger partial charge in [-0.1, -0.05) is 129 Å². The number of halogens is 1. The Morgan fingerprint density at radius 3 is 2.05 bits per heavy atom. The first-order chi connectivity index (χ1) is 27.0. The van der Waals surface area contributed by atoms with E-state index in [1.807, 2.05) is 18.2 Å².